The number of nitrogens with zero attached hydrogens (tertiary/aromatic N) is 3. The molecule has 1 fully saturated rings. The smallest absolute Gasteiger partial charge is 0.318 e. The zero-order chi connectivity index (χ0) is 20.1. The maximum Gasteiger partial charge on any atom is 0.318 e. The number of amides is 1. The van der Waals surface area contributed by atoms with Crippen LogP contribution in [0.3, 0.4) is 0 Å². The zero-order valence-corrected chi connectivity index (χ0v) is 16.8. The second-order valence-electron chi connectivity index (χ2n) is 7.15. The van der Waals surface area contributed by atoms with Crippen LogP contribution in [0.25, 0.3) is 0 Å². The maximum absolute atomic E-state index is 12.8. The summed E-state index contributed by atoms with van der Waals surface area (Å²) in [5, 5.41) is 12.1. The Labute approximate surface area is 174 Å². The van der Waals surface area contributed by atoms with Crippen LogP contribution in [0.2, 0.25) is 5.02 Å². The van der Waals surface area contributed by atoms with Crippen LogP contribution in [0.1, 0.15) is 42.3 Å². The number of carbonyl (C=O) groups excluding carboxylic acids is 1. The van der Waals surface area contributed by atoms with Crippen LogP contribution in [0.15, 0.2) is 59.0 Å². The minimum atomic E-state index is -0.516. The summed E-state index contributed by atoms with van der Waals surface area (Å²) < 4.78 is 5.98. The summed E-state index contributed by atoms with van der Waals surface area (Å²) >= 11 is 6.20. The van der Waals surface area contributed by atoms with Gasteiger partial charge < -0.3 is 14.6 Å². The first-order chi connectivity index (χ1) is 14.2. The highest BCUT2D eigenvalue weighted by Crippen LogP contribution is 2.26. The topological polar surface area (TPSA) is 71.3 Å². The van der Waals surface area contributed by atoms with Crippen molar-refractivity contribution in [2.24, 2.45) is 0 Å². The van der Waals surface area contributed by atoms with Gasteiger partial charge in [0.25, 0.3) is 0 Å². The quantitative estimate of drug-likeness (QED) is 0.660. The fraction of sp³-hybridized carbons (Fsp3) is 0.318. The van der Waals surface area contributed by atoms with Gasteiger partial charge in [0.2, 0.25) is 11.8 Å². The molecule has 1 aromatic heterocycles. The van der Waals surface area contributed by atoms with Crippen LogP contribution in [0.4, 0.5) is 6.01 Å². The van der Waals surface area contributed by atoms with Crippen molar-refractivity contribution >= 4 is 23.5 Å². The first-order valence-corrected chi connectivity index (χ1v) is 10.2. The van der Waals surface area contributed by atoms with Gasteiger partial charge in [-0.2, -0.15) is 0 Å². The fourth-order valence-corrected chi connectivity index (χ4v) is 3.72. The monoisotopic (exact) mass is 410 g/mol. The third-order valence-corrected chi connectivity index (χ3v) is 5.42. The molecule has 7 heteroatoms. The predicted molar refractivity (Wildman–Crippen MR) is 112 cm³/mol. The van der Waals surface area contributed by atoms with Gasteiger partial charge in [-0.05, 0) is 36.5 Å². The number of hydrogen-bond donors (Lipinski definition) is 1. The van der Waals surface area contributed by atoms with E-state index in [-0.39, 0.29) is 12.3 Å². The molecule has 0 radical (unpaired) electrons. The van der Waals surface area contributed by atoms with E-state index in [0.717, 1.165) is 37.1 Å². The number of rotatable bonds is 6. The summed E-state index contributed by atoms with van der Waals surface area (Å²) in [7, 11) is 0. The zero-order valence-electron chi connectivity index (χ0n) is 16.1. The fourth-order valence-electron chi connectivity index (χ4n) is 3.52. The van der Waals surface area contributed by atoms with Crippen LogP contribution >= 0.6 is 11.6 Å². The van der Waals surface area contributed by atoms with Crippen molar-refractivity contribution in [3.05, 3.63) is 76.6 Å². The Balaban J connectivity index is 1.55. The Kier molecular flexibility index (Phi) is 6.10. The van der Waals surface area contributed by atoms with Gasteiger partial charge in [-0.1, -0.05) is 65.2 Å². The van der Waals surface area contributed by atoms with Crippen LogP contribution in [0, 0.1) is 0 Å². The molecule has 1 saturated heterocycles. The second kappa shape index (κ2) is 9.09. The Bertz CT molecular complexity index is 954. The number of benzene rings is 2. The van der Waals surface area contributed by atoms with E-state index in [4.69, 9.17) is 16.0 Å². The summed E-state index contributed by atoms with van der Waals surface area (Å²) in [4.78, 5) is 14.9. The maximum atomic E-state index is 12.8. The van der Waals surface area contributed by atoms with Crippen molar-refractivity contribution in [2.45, 2.75) is 31.7 Å². The number of piperidine rings is 1. The van der Waals surface area contributed by atoms with E-state index < -0.39 is 6.04 Å². The number of anilines is 1. The molecular formula is C22H23ClN4O2. The molecule has 1 aliphatic heterocycles. The second-order valence-corrected chi connectivity index (χ2v) is 7.56. The lowest BCUT2D eigenvalue weighted by Crippen LogP contribution is -2.31. The average Bonchev–Trinajstić information content (AvgIpc) is 3.25. The predicted octanol–water partition coefficient (Wildman–Crippen LogP) is 4.16. The molecule has 1 atom stereocenters. The molecule has 2 heterocycles. The minimum absolute atomic E-state index is 0.162. The number of halogens is 1. The summed E-state index contributed by atoms with van der Waals surface area (Å²) in [5.41, 5.74) is 1.66. The third-order valence-electron chi connectivity index (χ3n) is 5.05. The van der Waals surface area contributed by atoms with Crippen LogP contribution in [-0.2, 0) is 11.2 Å². The van der Waals surface area contributed by atoms with E-state index in [1.165, 1.54) is 6.42 Å². The van der Waals surface area contributed by atoms with Crippen LogP contribution < -0.4 is 10.2 Å². The van der Waals surface area contributed by atoms with Crippen molar-refractivity contribution in [1.82, 2.24) is 15.5 Å². The van der Waals surface area contributed by atoms with Gasteiger partial charge in [-0.3, -0.25) is 4.79 Å². The van der Waals surface area contributed by atoms with Gasteiger partial charge in [-0.15, -0.1) is 5.10 Å². The van der Waals surface area contributed by atoms with Crippen molar-refractivity contribution in [3.8, 4) is 0 Å². The molecule has 1 amide bonds. The van der Waals surface area contributed by atoms with Crippen LogP contribution in [-0.4, -0.2) is 29.2 Å². The Hall–Kier alpha value is -2.86. The van der Waals surface area contributed by atoms with Gasteiger partial charge in [0.1, 0.15) is 6.04 Å². The van der Waals surface area contributed by atoms with Gasteiger partial charge in [0, 0.05) is 18.1 Å². The van der Waals surface area contributed by atoms with E-state index in [9.17, 15) is 4.79 Å². The number of carbonyl (C=O) groups is 1. The molecule has 1 N–H and O–H groups in total. The van der Waals surface area contributed by atoms with Gasteiger partial charge in [0.05, 0.1) is 6.42 Å². The van der Waals surface area contributed by atoms with E-state index in [2.05, 4.69) is 20.4 Å². The molecule has 0 bridgehead atoms. The lowest BCUT2D eigenvalue weighted by Gasteiger charge is -2.24. The van der Waals surface area contributed by atoms with Crippen LogP contribution in [0.5, 0.6) is 0 Å². The molecule has 0 aliphatic carbocycles. The first-order valence-electron chi connectivity index (χ1n) is 9.87. The Morgan fingerprint density at radius 1 is 1.03 bits per heavy atom. The molecule has 0 unspecified atom stereocenters. The minimum Gasteiger partial charge on any atom is -0.405 e. The highest BCUT2D eigenvalue weighted by Gasteiger charge is 2.25. The molecule has 3 aromatic rings. The summed E-state index contributed by atoms with van der Waals surface area (Å²) in [6.45, 7) is 1.83. The summed E-state index contributed by atoms with van der Waals surface area (Å²) in [6.07, 6.45) is 3.64. The molecule has 0 spiro atoms. The van der Waals surface area contributed by atoms with Gasteiger partial charge >= 0.3 is 6.01 Å². The summed E-state index contributed by atoms with van der Waals surface area (Å²) in [5.74, 6) is 0.217. The Morgan fingerprint density at radius 2 is 1.76 bits per heavy atom. The van der Waals surface area contributed by atoms with Crippen molar-refractivity contribution in [2.75, 3.05) is 18.0 Å². The SMILES string of the molecule is O=C(Cc1ccccc1Cl)N[C@H](c1ccccc1)c1nnc(N2CCCCC2)o1. The number of aromatic nitrogens is 2. The van der Waals surface area contributed by atoms with E-state index in [1.807, 2.05) is 48.5 Å². The standard InChI is InChI=1S/C22H23ClN4O2/c23-18-12-6-5-11-17(18)15-19(28)24-20(16-9-3-1-4-10-16)21-25-26-22(29-21)27-13-7-2-8-14-27/h1,3-6,9-12,20H,2,7-8,13-15H2,(H,24,28)/t20-/m1/s1. The molecule has 2 aromatic carbocycles. The highest BCUT2D eigenvalue weighted by atomic mass is 35.5. The lowest BCUT2D eigenvalue weighted by atomic mass is 10.1. The molecule has 6 nitrogen and oxygen atoms in total. The molecule has 29 heavy (non-hydrogen) atoms. The molecule has 1 aliphatic rings. The van der Waals surface area contributed by atoms with Gasteiger partial charge in [0.15, 0.2) is 0 Å². The first kappa shape index (κ1) is 19.5. The van der Waals surface area contributed by atoms with Gasteiger partial charge in [-0.25, -0.2) is 0 Å². The molecule has 150 valence electrons. The largest absolute Gasteiger partial charge is 0.405 e. The highest BCUT2D eigenvalue weighted by molar-refractivity contribution is 6.31. The summed E-state index contributed by atoms with van der Waals surface area (Å²) in [6, 6.07) is 17.0. The third kappa shape index (κ3) is 4.77. The van der Waals surface area contributed by atoms with E-state index in [0.29, 0.717) is 16.9 Å². The van der Waals surface area contributed by atoms with Crippen molar-refractivity contribution in [3.63, 3.8) is 0 Å². The molecular weight excluding hydrogens is 388 g/mol. The lowest BCUT2D eigenvalue weighted by molar-refractivity contribution is -0.121. The Morgan fingerprint density at radius 3 is 2.52 bits per heavy atom. The molecule has 4 rings (SSSR count). The van der Waals surface area contributed by atoms with E-state index in [1.54, 1.807) is 6.07 Å². The van der Waals surface area contributed by atoms with Crippen molar-refractivity contribution in [1.29, 1.82) is 0 Å². The average molecular weight is 411 g/mol. The van der Waals surface area contributed by atoms with Crippen molar-refractivity contribution < 1.29 is 9.21 Å². The number of nitrogens with one attached hydrogen (secondary N) is 1. The normalized spacial score (nSPS) is 15.1. The number of hydrogen-bond acceptors (Lipinski definition) is 5. The van der Waals surface area contributed by atoms with E-state index >= 15 is 0 Å². The molecule has 0 saturated carbocycles.